The van der Waals surface area contributed by atoms with Gasteiger partial charge in [-0.3, -0.25) is 10.8 Å². The molecule has 4 aromatic rings. The molecule has 4 rings (SSSR count). The number of nitrogens with one attached hydrogen (secondary N) is 2. The molecule has 0 bridgehead atoms. The lowest BCUT2D eigenvalue weighted by Crippen LogP contribution is -2.09. The van der Waals surface area contributed by atoms with Crippen molar-refractivity contribution in [3.8, 4) is 34.6 Å². The summed E-state index contributed by atoms with van der Waals surface area (Å²) in [5, 5.41) is 14.7. The Morgan fingerprint density at radius 1 is 0.500 bits per heavy atom. The van der Waals surface area contributed by atoms with Crippen LogP contribution in [-0.2, 0) is 0 Å². The molecule has 0 aliphatic carbocycles. The first-order valence-corrected chi connectivity index (χ1v) is 7.60. The molecule has 4 aromatic heterocycles. The summed E-state index contributed by atoms with van der Waals surface area (Å²) in [5.41, 5.74) is 10.8. The van der Waals surface area contributed by atoms with Crippen LogP contribution >= 0.6 is 0 Å². The molecule has 130 valence electrons. The van der Waals surface area contributed by atoms with Crippen molar-refractivity contribution in [1.82, 2.24) is 0 Å². The molecule has 0 atom stereocenters. The fraction of sp³-hybridized carbons (Fsp3) is 0. The van der Waals surface area contributed by atoms with Crippen LogP contribution < -0.4 is 11.5 Å². The van der Waals surface area contributed by atoms with Crippen molar-refractivity contribution in [3.63, 3.8) is 0 Å². The molecule has 0 radical (unpaired) electrons. The van der Waals surface area contributed by atoms with Crippen molar-refractivity contribution in [2.24, 2.45) is 11.5 Å². The lowest BCUT2D eigenvalue weighted by atomic mass is 10.3. The zero-order chi connectivity index (χ0) is 18.3. The fourth-order valence-corrected chi connectivity index (χ4v) is 2.44. The Kier molecular flexibility index (Phi) is 3.51. The van der Waals surface area contributed by atoms with E-state index in [2.05, 4.69) is 0 Å². The Bertz CT molecular complexity index is 1020. The highest BCUT2D eigenvalue weighted by molar-refractivity contribution is 5.93. The number of nitrogens with two attached hydrogens (primary N) is 2. The van der Waals surface area contributed by atoms with Gasteiger partial charge in [-0.05, 0) is 48.5 Å². The molecule has 0 aliphatic heterocycles. The van der Waals surface area contributed by atoms with Crippen molar-refractivity contribution in [2.45, 2.75) is 0 Å². The maximum atomic E-state index is 7.37. The van der Waals surface area contributed by atoms with Crippen LogP contribution in [0, 0.1) is 10.8 Å². The standard InChI is InChI=1S/C18H14N4O4/c19-17(20)15-7-5-13(25-15)11-3-1-9(23-11)10-2-4-12(24-10)14-6-8-16(26-14)18(21)22/h1-8H,(H3,19,20)(H3,21,22). The molecule has 26 heavy (non-hydrogen) atoms. The summed E-state index contributed by atoms with van der Waals surface area (Å²) in [4.78, 5) is 0. The van der Waals surface area contributed by atoms with Gasteiger partial charge in [0.05, 0.1) is 0 Å². The van der Waals surface area contributed by atoms with Gasteiger partial charge in [-0.2, -0.15) is 0 Å². The van der Waals surface area contributed by atoms with Crippen LogP contribution in [0.1, 0.15) is 11.5 Å². The predicted molar refractivity (Wildman–Crippen MR) is 93.8 cm³/mol. The second-order valence-corrected chi connectivity index (χ2v) is 5.48. The quantitative estimate of drug-likeness (QED) is 0.318. The summed E-state index contributed by atoms with van der Waals surface area (Å²) < 4.78 is 22.4. The van der Waals surface area contributed by atoms with Gasteiger partial charge >= 0.3 is 0 Å². The maximum absolute atomic E-state index is 7.37. The van der Waals surface area contributed by atoms with Crippen LogP contribution in [0.15, 0.2) is 66.2 Å². The van der Waals surface area contributed by atoms with Gasteiger partial charge in [0.2, 0.25) is 0 Å². The molecule has 0 aliphatic rings. The van der Waals surface area contributed by atoms with E-state index < -0.39 is 0 Å². The summed E-state index contributed by atoms with van der Waals surface area (Å²) in [5.74, 6) is 3.16. The Morgan fingerprint density at radius 3 is 1.04 bits per heavy atom. The van der Waals surface area contributed by atoms with Gasteiger partial charge in [0.25, 0.3) is 0 Å². The van der Waals surface area contributed by atoms with E-state index in [-0.39, 0.29) is 23.2 Å². The monoisotopic (exact) mass is 350 g/mol. The highest BCUT2D eigenvalue weighted by Crippen LogP contribution is 2.33. The molecule has 8 heteroatoms. The SMILES string of the molecule is N=C(N)c1ccc(-c2ccc(-c3ccc(-c4ccc(C(=N)N)o4)o3)o2)o1. The largest absolute Gasteiger partial charge is 0.450 e. The lowest BCUT2D eigenvalue weighted by molar-refractivity contribution is 0.498. The van der Waals surface area contributed by atoms with E-state index in [1.807, 2.05) is 0 Å². The fourth-order valence-electron chi connectivity index (χ4n) is 2.44. The van der Waals surface area contributed by atoms with Crippen LogP contribution in [0.2, 0.25) is 0 Å². The molecule has 6 N–H and O–H groups in total. The number of hydrogen-bond acceptors (Lipinski definition) is 6. The van der Waals surface area contributed by atoms with Gasteiger partial charge in [-0.25, -0.2) is 0 Å². The van der Waals surface area contributed by atoms with E-state index in [0.29, 0.717) is 34.6 Å². The summed E-state index contributed by atoms with van der Waals surface area (Å²) in [7, 11) is 0. The van der Waals surface area contributed by atoms with Gasteiger partial charge in [0, 0.05) is 0 Å². The first kappa shape index (κ1) is 15.6. The van der Waals surface area contributed by atoms with Crippen molar-refractivity contribution in [2.75, 3.05) is 0 Å². The topological polar surface area (TPSA) is 152 Å². The normalized spacial score (nSPS) is 10.9. The molecule has 8 nitrogen and oxygen atoms in total. The predicted octanol–water partition coefficient (Wildman–Crippen LogP) is 3.63. The third-order valence-corrected chi connectivity index (χ3v) is 3.68. The minimum atomic E-state index is -0.151. The van der Waals surface area contributed by atoms with Gasteiger partial charge < -0.3 is 29.1 Å². The van der Waals surface area contributed by atoms with Crippen LogP contribution in [0.5, 0.6) is 0 Å². The van der Waals surface area contributed by atoms with E-state index >= 15 is 0 Å². The van der Waals surface area contributed by atoms with Crippen molar-refractivity contribution in [1.29, 1.82) is 10.8 Å². The average molecular weight is 350 g/mol. The molecule has 0 saturated carbocycles. The van der Waals surface area contributed by atoms with Crippen LogP contribution in [-0.4, -0.2) is 11.7 Å². The summed E-state index contributed by atoms with van der Waals surface area (Å²) in [6, 6.07) is 13.5. The molecule has 0 aromatic carbocycles. The van der Waals surface area contributed by atoms with E-state index in [1.165, 1.54) is 0 Å². The second kappa shape index (κ2) is 5.85. The minimum Gasteiger partial charge on any atom is -0.450 e. The molecular weight excluding hydrogens is 336 g/mol. The number of hydrogen-bond donors (Lipinski definition) is 4. The average Bonchev–Trinajstić information content (AvgIpc) is 3.40. The highest BCUT2D eigenvalue weighted by Gasteiger charge is 2.16. The Hall–Kier alpha value is -3.94. The zero-order valence-corrected chi connectivity index (χ0v) is 13.4. The van der Waals surface area contributed by atoms with Gasteiger partial charge in [0.1, 0.15) is 0 Å². The Morgan fingerprint density at radius 2 is 0.769 bits per heavy atom. The third kappa shape index (κ3) is 2.69. The Labute approximate surface area is 147 Å². The highest BCUT2D eigenvalue weighted by atomic mass is 16.4. The summed E-state index contributed by atoms with van der Waals surface area (Å²) in [6.45, 7) is 0. The van der Waals surface area contributed by atoms with E-state index in [1.54, 1.807) is 48.5 Å². The molecule has 0 amide bonds. The first-order chi connectivity index (χ1) is 12.5. The first-order valence-electron chi connectivity index (χ1n) is 7.60. The van der Waals surface area contributed by atoms with Crippen molar-refractivity contribution < 1.29 is 17.7 Å². The molecule has 0 saturated heterocycles. The Balaban J connectivity index is 1.60. The number of rotatable bonds is 5. The van der Waals surface area contributed by atoms with Crippen molar-refractivity contribution >= 4 is 11.7 Å². The molecule has 0 unspecified atom stereocenters. The lowest BCUT2D eigenvalue weighted by Gasteiger charge is -1.94. The van der Waals surface area contributed by atoms with Gasteiger partial charge in [-0.15, -0.1) is 0 Å². The zero-order valence-electron chi connectivity index (χ0n) is 13.4. The van der Waals surface area contributed by atoms with Crippen LogP contribution in [0.4, 0.5) is 0 Å². The number of nitrogen functional groups attached to an aromatic ring is 2. The number of furan rings is 4. The molecule has 0 spiro atoms. The smallest absolute Gasteiger partial charge is 0.170 e. The molecular formula is C18H14N4O4. The van der Waals surface area contributed by atoms with Crippen molar-refractivity contribution in [3.05, 3.63) is 60.1 Å². The number of amidine groups is 2. The van der Waals surface area contributed by atoms with E-state index in [9.17, 15) is 0 Å². The summed E-state index contributed by atoms with van der Waals surface area (Å²) in [6.07, 6.45) is 0. The van der Waals surface area contributed by atoms with Crippen LogP contribution in [0.3, 0.4) is 0 Å². The van der Waals surface area contributed by atoms with Gasteiger partial charge in [0.15, 0.2) is 57.8 Å². The van der Waals surface area contributed by atoms with E-state index in [4.69, 9.17) is 40.0 Å². The van der Waals surface area contributed by atoms with E-state index in [0.717, 1.165) is 0 Å². The summed E-state index contributed by atoms with van der Waals surface area (Å²) >= 11 is 0. The maximum Gasteiger partial charge on any atom is 0.170 e. The minimum absolute atomic E-state index is 0.151. The molecule has 0 fully saturated rings. The second-order valence-electron chi connectivity index (χ2n) is 5.48. The van der Waals surface area contributed by atoms with Gasteiger partial charge in [-0.1, -0.05) is 0 Å². The molecule has 4 heterocycles. The third-order valence-electron chi connectivity index (χ3n) is 3.68. The van der Waals surface area contributed by atoms with Crippen LogP contribution in [0.25, 0.3) is 34.6 Å².